The SMILES string of the molecule is Cc1ccn(C[C@@](C)(O)C(=O)O)c(=O)c1. The van der Waals surface area contributed by atoms with Gasteiger partial charge in [0.15, 0.2) is 5.60 Å². The number of aliphatic hydroxyl groups is 1. The second kappa shape index (κ2) is 3.86. The molecule has 1 aromatic rings. The zero-order chi connectivity index (χ0) is 11.6. The van der Waals surface area contributed by atoms with Crippen LogP contribution in [-0.2, 0) is 11.3 Å². The standard InChI is InChI=1S/C10H13NO4/c1-7-3-4-11(8(12)5-7)6-10(2,15)9(13)14/h3-5,15H,6H2,1-2H3,(H,13,14)/t10-/m1/s1. The molecule has 0 amide bonds. The molecule has 5 nitrogen and oxygen atoms in total. The van der Waals surface area contributed by atoms with Crippen molar-refractivity contribution in [2.45, 2.75) is 26.0 Å². The highest BCUT2D eigenvalue weighted by Gasteiger charge is 2.30. The lowest BCUT2D eigenvalue weighted by molar-refractivity contribution is -0.157. The highest BCUT2D eigenvalue weighted by Crippen LogP contribution is 2.06. The van der Waals surface area contributed by atoms with E-state index in [0.717, 1.165) is 12.5 Å². The Bertz CT molecular complexity index is 433. The lowest BCUT2D eigenvalue weighted by atomic mass is 10.1. The minimum Gasteiger partial charge on any atom is -0.479 e. The average molecular weight is 211 g/mol. The Hall–Kier alpha value is -1.62. The van der Waals surface area contributed by atoms with Crippen molar-refractivity contribution in [2.24, 2.45) is 0 Å². The molecule has 1 heterocycles. The minimum atomic E-state index is -1.93. The van der Waals surface area contributed by atoms with E-state index in [1.165, 1.54) is 16.8 Å². The normalized spacial score (nSPS) is 14.6. The van der Waals surface area contributed by atoms with Crippen molar-refractivity contribution < 1.29 is 15.0 Å². The third-order valence-electron chi connectivity index (χ3n) is 2.09. The number of rotatable bonds is 3. The van der Waals surface area contributed by atoms with E-state index in [9.17, 15) is 14.7 Å². The Morgan fingerprint density at radius 1 is 1.60 bits per heavy atom. The van der Waals surface area contributed by atoms with Crippen molar-refractivity contribution in [3.63, 3.8) is 0 Å². The Labute approximate surface area is 86.6 Å². The number of nitrogens with zero attached hydrogens (tertiary/aromatic N) is 1. The van der Waals surface area contributed by atoms with Crippen molar-refractivity contribution in [1.29, 1.82) is 0 Å². The molecule has 0 fully saturated rings. The number of aromatic nitrogens is 1. The van der Waals surface area contributed by atoms with Gasteiger partial charge in [0.1, 0.15) is 0 Å². The van der Waals surface area contributed by atoms with Crippen molar-refractivity contribution >= 4 is 5.97 Å². The lowest BCUT2D eigenvalue weighted by Gasteiger charge is -2.18. The summed E-state index contributed by atoms with van der Waals surface area (Å²) in [5, 5.41) is 18.2. The number of hydrogen-bond acceptors (Lipinski definition) is 3. The maximum absolute atomic E-state index is 11.4. The number of aryl methyl sites for hydroxylation is 1. The zero-order valence-corrected chi connectivity index (χ0v) is 8.60. The number of carbonyl (C=O) groups is 1. The van der Waals surface area contributed by atoms with Gasteiger partial charge in [-0.05, 0) is 25.5 Å². The van der Waals surface area contributed by atoms with Crippen LogP contribution in [0.4, 0.5) is 0 Å². The number of carboxylic acids is 1. The van der Waals surface area contributed by atoms with Gasteiger partial charge in [0.25, 0.3) is 5.56 Å². The highest BCUT2D eigenvalue weighted by molar-refractivity contribution is 5.76. The molecule has 0 aliphatic heterocycles. The van der Waals surface area contributed by atoms with Gasteiger partial charge in [0.05, 0.1) is 6.54 Å². The van der Waals surface area contributed by atoms with Gasteiger partial charge >= 0.3 is 5.97 Å². The molecule has 1 aromatic heterocycles. The van der Waals surface area contributed by atoms with Crippen LogP contribution in [-0.4, -0.2) is 26.4 Å². The van der Waals surface area contributed by atoms with E-state index < -0.39 is 11.6 Å². The molecule has 0 aromatic carbocycles. The molecule has 0 saturated heterocycles. The van der Waals surface area contributed by atoms with Gasteiger partial charge < -0.3 is 14.8 Å². The first-order chi connectivity index (χ1) is 6.83. The fraction of sp³-hybridized carbons (Fsp3) is 0.400. The van der Waals surface area contributed by atoms with Crippen LogP contribution in [0.2, 0.25) is 0 Å². The summed E-state index contributed by atoms with van der Waals surface area (Å²) in [7, 11) is 0. The first-order valence-electron chi connectivity index (χ1n) is 4.46. The maximum atomic E-state index is 11.4. The molecule has 5 heteroatoms. The van der Waals surface area contributed by atoms with Crippen LogP contribution in [0.15, 0.2) is 23.1 Å². The van der Waals surface area contributed by atoms with Crippen LogP contribution in [0.1, 0.15) is 12.5 Å². The molecule has 1 atom stereocenters. The van der Waals surface area contributed by atoms with E-state index in [2.05, 4.69) is 0 Å². The lowest BCUT2D eigenvalue weighted by Crippen LogP contribution is -2.42. The molecular formula is C10H13NO4. The largest absolute Gasteiger partial charge is 0.479 e. The van der Waals surface area contributed by atoms with Crippen molar-refractivity contribution in [1.82, 2.24) is 4.57 Å². The Balaban J connectivity index is 3.00. The summed E-state index contributed by atoms with van der Waals surface area (Å²) < 4.78 is 1.17. The van der Waals surface area contributed by atoms with Gasteiger partial charge in [-0.2, -0.15) is 0 Å². The van der Waals surface area contributed by atoms with Crippen LogP contribution < -0.4 is 5.56 Å². The molecule has 0 aliphatic rings. The Kier molecular flexibility index (Phi) is 2.95. The van der Waals surface area contributed by atoms with Gasteiger partial charge in [0.2, 0.25) is 0 Å². The summed E-state index contributed by atoms with van der Waals surface area (Å²) in [4.78, 5) is 22.0. The molecule has 2 N–H and O–H groups in total. The molecular weight excluding hydrogens is 198 g/mol. The average Bonchev–Trinajstić information content (AvgIpc) is 2.09. The molecule has 0 spiro atoms. The summed E-state index contributed by atoms with van der Waals surface area (Å²) in [5.74, 6) is -1.35. The summed E-state index contributed by atoms with van der Waals surface area (Å²) in [5.41, 5.74) is -1.46. The van der Waals surface area contributed by atoms with E-state index in [1.807, 2.05) is 0 Å². The van der Waals surface area contributed by atoms with Crippen LogP contribution in [0.3, 0.4) is 0 Å². The quantitative estimate of drug-likeness (QED) is 0.737. The Morgan fingerprint density at radius 2 is 2.20 bits per heavy atom. The minimum absolute atomic E-state index is 0.262. The van der Waals surface area contributed by atoms with E-state index in [-0.39, 0.29) is 12.1 Å². The van der Waals surface area contributed by atoms with Crippen LogP contribution in [0.5, 0.6) is 0 Å². The predicted octanol–water partition coefficient (Wildman–Crippen LogP) is -0.00768. The molecule has 0 aliphatic carbocycles. The topological polar surface area (TPSA) is 79.5 Å². The summed E-state index contributed by atoms with van der Waals surface area (Å²) in [6, 6.07) is 3.07. The first-order valence-corrected chi connectivity index (χ1v) is 4.46. The molecule has 0 bridgehead atoms. The summed E-state index contributed by atoms with van der Waals surface area (Å²) in [6.07, 6.45) is 1.47. The Morgan fingerprint density at radius 3 is 2.67 bits per heavy atom. The predicted molar refractivity (Wildman–Crippen MR) is 53.7 cm³/mol. The van der Waals surface area contributed by atoms with Crippen LogP contribution in [0.25, 0.3) is 0 Å². The maximum Gasteiger partial charge on any atom is 0.337 e. The van der Waals surface area contributed by atoms with Crippen molar-refractivity contribution in [3.8, 4) is 0 Å². The molecule has 82 valence electrons. The fourth-order valence-electron chi connectivity index (χ4n) is 1.14. The highest BCUT2D eigenvalue weighted by atomic mass is 16.4. The van der Waals surface area contributed by atoms with Gasteiger partial charge in [-0.15, -0.1) is 0 Å². The van der Waals surface area contributed by atoms with Gasteiger partial charge in [-0.1, -0.05) is 0 Å². The van der Waals surface area contributed by atoms with Crippen LogP contribution in [0, 0.1) is 6.92 Å². The molecule has 0 unspecified atom stereocenters. The second-order valence-corrected chi connectivity index (χ2v) is 3.75. The fourth-order valence-corrected chi connectivity index (χ4v) is 1.14. The van der Waals surface area contributed by atoms with Gasteiger partial charge in [-0.3, -0.25) is 4.79 Å². The van der Waals surface area contributed by atoms with Crippen molar-refractivity contribution in [2.75, 3.05) is 0 Å². The summed E-state index contributed by atoms with van der Waals surface area (Å²) >= 11 is 0. The molecule has 1 rings (SSSR count). The number of hydrogen-bond donors (Lipinski definition) is 2. The number of aliphatic carboxylic acids is 1. The van der Waals surface area contributed by atoms with Gasteiger partial charge in [-0.25, -0.2) is 4.79 Å². The summed E-state index contributed by atoms with van der Waals surface area (Å²) in [6.45, 7) is 2.66. The monoisotopic (exact) mass is 211 g/mol. The molecule has 15 heavy (non-hydrogen) atoms. The smallest absolute Gasteiger partial charge is 0.337 e. The number of carboxylic acid groups (broad SMARTS) is 1. The van der Waals surface area contributed by atoms with E-state index in [1.54, 1.807) is 13.0 Å². The van der Waals surface area contributed by atoms with Crippen LogP contribution >= 0.6 is 0 Å². The number of pyridine rings is 1. The van der Waals surface area contributed by atoms with E-state index in [4.69, 9.17) is 5.11 Å². The second-order valence-electron chi connectivity index (χ2n) is 3.75. The first kappa shape index (κ1) is 11.5. The third-order valence-corrected chi connectivity index (χ3v) is 2.09. The zero-order valence-electron chi connectivity index (χ0n) is 8.60. The van der Waals surface area contributed by atoms with E-state index >= 15 is 0 Å². The van der Waals surface area contributed by atoms with E-state index in [0.29, 0.717) is 0 Å². The molecule has 0 radical (unpaired) electrons. The van der Waals surface area contributed by atoms with Gasteiger partial charge in [0, 0.05) is 12.3 Å². The molecule has 0 saturated carbocycles. The third kappa shape index (κ3) is 2.66. The van der Waals surface area contributed by atoms with Crippen molar-refractivity contribution in [3.05, 3.63) is 34.2 Å².